The molecule has 1 aliphatic carbocycles. The van der Waals surface area contributed by atoms with Gasteiger partial charge in [-0.2, -0.15) is 0 Å². The summed E-state index contributed by atoms with van der Waals surface area (Å²) in [4.78, 5) is 15.2. The monoisotopic (exact) mass is 300 g/mol. The molecule has 0 saturated carbocycles. The second-order valence-corrected chi connectivity index (χ2v) is 7.22. The Kier molecular flexibility index (Phi) is 3.66. The van der Waals surface area contributed by atoms with Crippen LogP contribution in [0.4, 0.5) is 0 Å². The molecule has 0 radical (unpaired) electrons. The van der Waals surface area contributed by atoms with E-state index in [0.717, 1.165) is 37.0 Å². The summed E-state index contributed by atoms with van der Waals surface area (Å²) in [5, 5.41) is 3.33. The molecule has 4 aliphatic rings. The number of nitrogens with one attached hydrogen (secondary N) is 1. The van der Waals surface area contributed by atoms with Crippen molar-refractivity contribution in [2.24, 2.45) is 0 Å². The number of fused-ring (bicyclic) bond motifs is 4. The lowest BCUT2D eigenvalue weighted by molar-refractivity contribution is -0.933. The quantitative estimate of drug-likeness (QED) is 0.854. The van der Waals surface area contributed by atoms with Crippen LogP contribution in [0.1, 0.15) is 30.0 Å². The summed E-state index contributed by atoms with van der Waals surface area (Å²) in [6, 6.07) is 8.82. The molecule has 3 fully saturated rings. The highest BCUT2D eigenvalue weighted by atomic mass is 16.2. The molecule has 1 aromatic carbocycles. The lowest BCUT2D eigenvalue weighted by Crippen LogP contribution is -2.69. The van der Waals surface area contributed by atoms with Crippen LogP contribution in [0.3, 0.4) is 0 Å². The maximum Gasteiger partial charge on any atom is 0.275 e. The number of benzene rings is 1. The highest BCUT2D eigenvalue weighted by Crippen LogP contribution is 2.29. The van der Waals surface area contributed by atoms with E-state index in [1.165, 1.54) is 37.2 Å². The number of quaternary nitrogens is 1. The number of aryl methyl sites for hydroxylation is 1. The molecule has 3 saturated heterocycles. The van der Waals surface area contributed by atoms with Crippen molar-refractivity contribution >= 4 is 5.91 Å². The Morgan fingerprint density at radius 1 is 1.18 bits per heavy atom. The fourth-order valence-corrected chi connectivity index (χ4v) is 4.42. The van der Waals surface area contributed by atoms with Gasteiger partial charge in [-0.05, 0) is 30.4 Å². The Morgan fingerprint density at radius 3 is 2.68 bits per heavy atom. The Balaban J connectivity index is 1.42. The molecule has 1 aromatic rings. The van der Waals surface area contributed by atoms with Crippen molar-refractivity contribution in [3.05, 3.63) is 35.4 Å². The summed E-state index contributed by atoms with van der Waals surface area (Å²) >= 11 is 0. The van der Waals surface area contributed by atoms with Crippen LogP contribution in [-0.4, -0.2) is 61.1 Å². The van der Waals surface area contributed by atoms with Crippen molar-refractivity contribution in [2.45, 2.75) is 25.3 Å². The van der Waals surface area contributed by atoms with Crippen molar-refractivity contribution in [1.29, 1.82) is 0 Å². The molecule has 1 atom stereocenters. The molecule has 1 N–H and O–H groups in total. The summed E-state index contributed by atoms with van der Waals surface area (Å²) in [6.45, 7) is 7.61. The number of rotatable bonds is 3. The molecule has 22 heavy (non-hydrogen) atoms. The molecular formula is C18H26N3O+. The molecule has 3 aliphatic heterocycles. The second-order valence-electron chi connectivity index (χ2n) is 7.22. The van der Waals surface area contributed by atoms with Crippen LogP contribution < -0.4 is 5.32 Å². The van der Waals surface area contributed by atoms with Gasteiger partial charge in [-0.1, -0.05) is 24.3 Å². The van der Waals surface area contributed by atoms with Gasteiger partial charge in [0, 0.05) is 19.6 Å². The highest BCUT2D eigenvalue weighted by molar-refractivity contribution is 5.77. The number of hydrogen-bond acceptors (Lipinski definition) is 2. The molecule has 4 heteroatoms. The van der Waals surface area contributed by atoms with Gasteiger partial charge in [0.25, 0.3) is 5.91 Å². The van der Waals surface area contributed by atoms with Gasteiger partial charge in [-0.3, -0.25) is 9.69 Å². The summed E-state index contributed by atoms with van der Waals surface area (Å²) in [6.07, 6.45) is 3.41. The van der Waals surface area contributed by atoms with E-state index in [4.69, 9.17) is 0 Å². The van der Waals surface area contributed by atoms with Crippen LogP contribution in [-0.2, 0) is 11.2 Å². The first-order chi connectivity index (χ1) is 10.7. The largest absolute Gasteiger partial charge is 0.344 e. The minimum absolute atomic E-state index is 0.224. The molecule has 3 heterocycles. The van der Waals surface area contributed by atoms with Crippen molar-refractivity contribution in [2.75, 3.05) is 45.8 Å². The second kappa shape index (κ2) is 5.67. The minimum Gasteiger partial charge on any atom is -0.344 e. The zero-order chi connectivity index (χ0) is 15.0. The average Bonchev–Trinajstić information content (AvgIpc) is 2.56. The molecule has 0 aromatic heterocycles. The van der Waals surface area contributed by atoms with Crippen LogP contribution in [0.2, 0.25) is 0 Å². The third kappa shape index (κ3) is 2.66. The van der Waals surface area contributed by atoms with Crippen LogP contribution >= 0.6 is 0 Å². The summed E-state index contributed by atoms with van der Waals surface area (Å²) < 4.78 is 1.01. The number of carbonyl (C=O) groups is 1. The SMILES string of the molecule is O=C(C[N+]12CCN(CC1)CC2)N[C@@H]1CCCc2ccccc21. The van der Waals surface area contributed by atoms with Crippen LogP contribution in [0.15, 0.2) is 24.3 Å². The smallest absolute Gasteiger partial charge is 0.275 e. The molecule has 0 unspecified atom stereocenters. The number of hydrogen-bond donors (Lipinski definition) is 1. The van der Waals surface area contributed by atoms with E-state index in [9.17, 15) is 4.79 Å². The third-order valence-electron chi connectivity index (χ3n) is 5.86. The van der Waals surface area contributed by atoms with Crippen molar-refractivity contribution in [3.8, 4) is 0 Å². The zero-order valence-electron chi connectivity index (χ0n) is 13.3. The lowest BCUT2D eigenvalue weighted by atomic mass is 9.88. The standard InChI is InChI=1S/C18H25N3O/c22-18(14-21-11-8-20(9-12-21)10-13-21)19-17-7-3-5-15-4-1-2-6-16(15)17/h1-2,4,6,17H,3,5,7-14H2/p+1/t17-/m1/s1. The Morgan fingerprint density at radius 2 is 1.91 bits per heavy atom. The predicted molar refractivity (Wildman–Crippen MR) is 86.4 cm³/mol. The number of piperazine rings is 3. The van der Waals surface area contributed by atoms with Crippen molar-refractivity contribution < 1.29 is 9.28 Å². The Labute approximate surface area is 132 Å². The number of amides is 1. The summed E-state index contributed by atoms with van der Waals surface area (Å²) in [5.74, 6) is 0.247. The first-order valence-corrected chi connectivity index (χ1v) is 8.69. The van der Waals surface area contributed by atoms with Gasteiger partial charge in [-0.15, -0.1) is 0 Å². The van der Waals surface area contributed by atoms with E-state index in [1.54, 1.807) is 0 Å². The lowest BCUT2D eigenvalue weighted by Gasteiger charge is -2.50. The topological polar surface area (TPSA) is 32.3 Å². The molecular weight excluding hydrogens is 274 g/mol. The van der Waals surface area contributed by atoms with Crippen molar-refractivity contribution in [3.63, 3.8) is 0 Å². The van der Waals surface area contributed by atoms with Gasteiger partial charge < -0.3 is 9.80 Å². The van der Waals surface area contributed by atoms with Gasteiger partial charge in [0.15, 0.2) is 6.54 Å². The van der Waals surface area contributed by atoms with E-state index in [0.29, 0.717) is 6.54 Å². The van der Waals surface area contributed by atoms with Gasteiger partial charge in [0.2, 0.25) is 0 Å². The fourth-order valence-electron chi connectivity index (χ4n) is 4.42. The molecule has 2 bridgehead atoms. The van der Waals surface area contributed by atoms with Crippen LogP contribution in [0.25, 0.3) is 0 Å². The van der Waals surface area contributed by atoms with Crippen molar-refractivity contribution in [1.82, 2.24) is 10.2 Å². The highest BCUT2D eigenvalue weighted by Gasteiger charge is 2.40. The fraction of sp³-hybridized carbons (Fsp3) is 0.611. The van der Waals surface area contributed by atoms with Gasteiger partial charge in [0.05, 0.1) is 25.7 Å². The van der Waals surface area contributed by atoms with E-state index in [-0.39, 0.29) is 11.9 Å². The van der Waals surface area contributed by atoms with Crippen LogP contribution in [0.5, 0.6) is 0 Å². The summed E-state index contributed by atoms with van der Waals surface area (Å²) in [7, 11) is 0. The summed E-state index contributed by atoms with van der Waals surface area (Å²) in [5.41, 5.74) is 2.75. The van der Waals surface area contributed by atoms with E-state index >= 15 is 0 Å². The maximum atomic E-state index is 12.6. The molecule has 118 valence electrons. The van der Waals surface area contributed by atoms with E-state index < -0.39 is 0 Å². The Hall–Kier alpha value is -1.39. The first-order valence-electron chi connectivity index (χ1n) is 8.69. The normalized spacial score (nSPS) is 33.3. The molecule has 1 amide bonds. The first kappa shape index (κ1) is 14.2. The van der Waals surface area contributed by atoms with Gasteiger partial charge in [-0.25, -0.2) is 0 Å². The number of carbonyl (C=O) groups excluding carboxylic acids is 1. The van der Waals surface area contributed by atoms with Gasteiger partial charge in [0.1, 0.15) is 0 Å². The van der Waals surface area contributed by atoms with E-state index in [2.05, 4.69) is 34.5 Å². The van der Waals surface area contributed by atoms with Gasteiger partial charge >= 0.3 is 0 Å². The molecule has 5 rings (SSSR count). The Bertz CT molecular complexity index is 549. The average molecular weight is 300 g/mol. The van der Waals surface area contributed by atoms with E-state index in [1.807, 2.05) is 0 Å². The predicted octanol–water partition coefficient (Wildman–Crippen LogP) is 1.33. The van der Waals surface area contributed by atoms with Crippen LogP contribution in [0, 0.1) is 0 Å². The maximum absolute atomic E-state index is 12.6. The zero-order valence-corrected chi connectivity index (χ0v) is 13.3. The molecule has 4 nitrogen and oxygen atoms in total. The minimum atomic E-state index is 0.224. The number of nitrogens with zero attached hydrogens (tertiary/aromatic N) is 2. The third-order valence-corrected chi connectivity index (χ3v) is 5.86. The molecule has 0 spiro atoms.